The number of hydrogen-bond acceptors (Lipinski definition) is 5. The van der Waals surface area contributed by atoms with Gasteiger partial charge in [0.15, 0.2) is 0 Å². The first-order valence-corrected chi connectivity index (χ1v) is 13.5. The topological polar surface area (TPSA) is 87.7 Å². The lowest BCUT2D eigenvalue weighted by atomic mass is 9.88. The van der Waals surface area contributed by atoms with Crippen molar-refractivity contribution in [3.05, 3.63) is 64.2 Å². The lowest BCUT2D eigenvalue weighted by Gasteiger charge is -2.43. The Morgan fingerprint density at radius 1 is 1.11 bits per heavy atom. The average molecular weight is 546 g/mol. The first-order chi connectivity index (χ1) is 17.4. The summed E-state index contributed by atoms with van der Waals surface area (Å²) in [5.74, 6) is -0.717. The van der Waals surface area contributed by atoms with E-state index in [1.807, 2.05) is 50.2 Å². The van der Waals surface area contributed by atoms with E-state index in [9.17, 15) is 14.4 Å². The van der Waals surface area contributed by atoms with Crippen LogP contribution in [0.4, 0.5) is 10.5 Å². The molecule has 0 heterocycles. The number of aryl methyl sites for hydroxylation is 2. The summed E-state index contributed by atoms with van der Waals surface area (Å²) in [6.07, 6.45) is 1.76. The van der Waals surface area contributed by atoms with Crippen molar-refractivity contribution >= 4 is 47.8 Å². The molecule has 2 N–H and O–H groups in total. The van der Waals surface area contributed by atoms with Crippen molar-refractivity contribution < 1.29 is 19.1 Å². The Hall–Kier alpha value is -2.71. The molecule has 0 aromatic heterocycles. The second-order valence-electron chi connectivity index (χ2n) is 10.4. The van der Waals surface area contributed by atoms with Gasteiger partial charge >= 0.3 is 6.09 Å². The molecule has 1 saturated carbocycles. The van der Waals surface area contributed by atoms with Crippen molar-refractivity contribution in [2.75, 3.05) is 11.1 Å². The fraction of sp³-hybridized carbons (Fsp3) is 0.464. The Bertz CT molecular complexity index is 1110. The Morgan fingerprint density at radius 2 is 1.76 bits per heavy atom. The second-order valence-corrected chi connectivity index (χ2v) is 11.2. The van der Waals surface area contributed by atoms with Gasteiger partial charge in [0.25, 0.3) is 5.91 Å². The number of carbonyl (C=O) groups is 3. The average Bonchev–Trinajstić information content (AvgIpc) is 2.78. The number of ether oxygens (including phenoxy) is 1. The number of anilines is 1. The van der Waals surface area contributed by atoms with Crippen LogP contribution in [0.25, 0.3) is 0 Å². The van der Waals surface area contributed by atoms with Gasteiger partial charge in [-0.25, -0.2) is 4.79 Å². The first-order valence-electron chi connectivity index (χ1n) is 12.5. The summed E-state index contributed by atoms with van der Waals surface area (Å²) in [5.41, 5.74) is 2.29. The van der Waals surface area contributed by atoms with Crippen molar-refractivity contribution in [2.24, 2.45) is 0 Å². The molecule has 7 nitrogen and oxygen atoms in total. The van der Waals surface area contributed by atoms with Gasteiger partial charge in [-0.3, -0.25) is 9.59 Å². The smallest absolute Gasteiger partial charge is 0.408 e. The molecule has 1 aliphatic rings. The largest absolute Gasteiger partial charge is 0.444 e. The molecule has 9 heteroatoms. The Balaban J connectivity index is 2.00. The summed E-state index contributed by atoms with van der Waals surface area (Å²) in [6, 6.07) is 10.9. The highest BCUT2D eigenvalue weighted by atomic mass is 35.5. The number of hydrogen-bond donors (Lipinski definition) is 3. The van der Waals surface area contributed by atoms with Crippen molar-refractivity contribution in [2.45, 2.75) is 77.6 Å². The molecule has 0 saturated heterocycles. The minimum atomic E-state index is -0.971. The van der Waals surface area contributed by atoms with E-state index in [1.54, 1.807) is 31.7 Å². The lowest BCUT2D eigenvalue weighted by Crippen LogP contribution is -2.57. The quantitative estimate of drug-likeness (QED) is 0.364. The first kappa shape index (κ1) is 28.9. The molecule has 0 spiro atoms. The standard InChI is InChI=1S/C28H36ClN3O4S/c1-17-12-14-19(15-13-17)24(25(33)31-23-18(2)8-6-11-21(23)29)32(20-9-7-10-20)26(34)22(16-37)30-27(35)36-28(3,4)5/h6,8,11-15,20,22,24,37H,7,9-10,16H2,1-5H3,(H,30,35)(H,31,33). The van der Waals surface area contributed by atoms with Crippen LogP contribution >= 0.6 is 24.2 Å². The maximum atomic E-state index is 14.0. The van der Waals surface area contributed by atoms with Crippen molar-refractivity contribution in [3.63, 3.8) is 0 Å². The van der Waals surface area contributed by atoms with E-state index in [0.717, 1.165) is 30.4 Å². The third-order valence-corrected chi connectivity index (χ3v) is 6.96. The van der Waals surface area contributed by atoms with Crippen molar-refractivity contribution in [1.82, 2.24) is 10.2 Å². The molecule has 3 rings (SSSR count). The van der Waals surface area contributed by atoms with Gasteiger partial charge in [0.2, 0.25) is 5.91 Å². The van der Waals surface area contributed by atoms with Crippen LogP contribution in [-0.4, -0.2) is 46.2 Å². The maximum Gasteiger partial charge on any atom is 0.408 e. The van der Waals surface area contributed by atoms with Crippen LogP contribution in [0.5, 0.6) is 0 Å². The van der Waals surface area contributed by atoms with Gasteiger partial charge in [-0.2, -0.15) is 12.6 Å². The molecule has 1 aliphatic carbocycles. The van der Waals surface area contributed by atoms with E-state index in [4.69, 9.17) is 16.3 Å². The molecule has 0 aliphatic heterocycles. The van der Waals surface area contributed by atoms with Crippen LogP contribution < -0.4 is 10.6 Å². The third kappa shape index (κ3) is 7.42. The van der Waals surface area contributed by atoms with E-state index < -0.39 is 23.8 Å². The molecule has 200 valence electrons. The molecule has 2 unspecified atom stereocenters. The number of nitrogens with zero attached hydrogens (tertiary/aromatic N) is 1. The SMILES string of the molecule is Cc1ccc(C(C(=O)Nc2c(C)cccc2Cl)N(C(=O)C(CS)NC(=O)OC(C)(C)C)C2CCC2)cc1. The molecule has 2 aromatic rings. The normalized spacial score (nSPS) is 15.2. The van der Waals surface area contributed by atoms with E-state index >= 15 is 0 Å². The number of benzene rings is 2. The highest BCUT2D eigenvalue weighted by Gasteiger charge is 2.42. The Morgan fingerprint density at radius 3 is 2.27 bits per heavy atom. The van der Waals surface area contributed by atoms with Crippen LogP contribution in [0.15, 0.2) is 42.5 Å². The third-order valence-electron chi connectivity index (χ3n) is 6.28. The molecule has 2 aromatic carbocycles. The van der Waals surface area contributed by atoms with Gasteiger partial charge in [-0.1, -0.05) is 53.6 Å². The van der Waals surface area contributed by atoms with Crippen LogP contribution in [-0.2, 0) is 14.3 Å². The number of para-hydroxylation sites is 1. The summed E-state index contributed by atoms with van der Waals surface area (Å²) in [7, 11) is 0. The molecular weight excluding hydrogens is 510 g/mol. The molecular formula is C28H36ClN3O4S. The number of rotatable bonds is 8. The van der Waals surface area contributed by atoms with Crippen molar-refractivity contribution in [3.8, 4) is 0 Å². The van der Waals surface area contributed by atoms with Gasteiger partial charge < -0.3 is 20.3 Å². The van der Waals surface area contributed by atoms with E-state index in [-0.39, 0.29) is 23.6 Å². The molecule has 1 fully saturated rings. The number of halogens is 1. The van der Waals surface area contributed by atoms with E-state index in [0.29, 0.717) is 16.3 Å². The Labute approximate surface area is 229 Å². The highest BCUT2D eigenvalue weighted by molar-refractivity contribution is 7.80. The van der Waals surface area contributed by atoms with Gasteiger partial charge in [-0.05, 0) is 71.1 Å². The van der Waals surface area contributed by atoms with E-state index in [1.165, 1.54) is 0 Å². The lowest BCUT2D eigenvalue weighted by molar-refractivity contribution is -0.145. The maximum absolute atomic E-state index is 14.0. The molecule has 0 bridgehead atoms. The molecule has 3 amide bonds. The van der Waals surface area contributed by atoms with Gasteiger partial charge in [-0.15, -0.1) is 0 Å². The zero-order valence-electron chi connectivity index (χ0n) is 22.0. The summed E-state index contributed by atoms with van der Waals surface area (Å²) < 4.78 is 5.36. The predicted octanol–water partition coefficient (Wildman–Crippen LogP) is 5.84. The minimum absolute atomic E-state index is 0.0488. The second kappa shape index (κ2) is 12.2. The summed E-state index contributed by atoms with van der Waals surface area (Å²) in [5, 5.41) is 6.02. The zero-order chi connectivity index (χ0) is 27.3. The molecule has 2 atom stereocenters. The minimum Gasteiger partial charge on any atom is -0.444 e. The van der Waals surface area contributed by atoms with Crippen LogP contribution in [0.2, 0.25) is 5.02 Å². The van der Waals surface area contributed by atoms with Crippen molar-refractivity contribution in [1.29, 1.82) is 0 Å². The van der Waals surface area contributed by atoms with Crippen LogP contribution in [0.3, 0.4) is 0 Å². The van der Waals surface area contributed by atoms with Gasteiger partial charge in [0.1, 0.15) is 17.7 Å². The Kier molecular flexibility index (Phi) is 9.53. The molecule has 37 heavy (non-hydrogen) atoms. The summed E-state index contributed by atoms with van der Waals surface area (Å²) in [6.45, 7) is 9.07. The van der Waals surface area contributed by atoms with Gasteiger partial charge in [0, 0.05) is 11.8 Å². The fourth-order valence-corrected chi connectivity index (χ4v) is 4.68. The number of alkyl carbamates (subject to hydrolysis) is 1. The number of carbonyl (C=O) groups excluding carboxylic acids is 3. The van der Waals surface area contributed by atoms with E-state index in [2.05, 4.69) is 23.3 Å². The molecule has 0 radical (unpaired) electrons. The zero-order valence-corrected chi connectivity index (χ0v) is 23.7. The fourth-order valence-electron chi connectivity index (χ4n) is 4.17. The highest BCUT2D eigenvalue weighted by Crippen LogP contribution is 2.35. The van der Waals surface area contributed by atoms with Crippen LogP contribution in [0, 0.1) is 13.8 Å². The number of thiol groups is 1. The van der Waals surface area contributed by atoms with Crippen LogP contribution in [0.1, 0.15) is 62.8 Å². The summed E-state index contributed by atoms with van der Waals surface area (Å²) >= 11 is 10.7. The number of nitrogens with one attached hydrogen (secondary N) is 2. The number of amides is 3. The monoisotopic (exact) mass is 545 g/mol. The van der Waals surface area contributed by atoms with Gasteiger partial charge in [0.05, 0.1) is 10.7 Å². The predicted molar refractivity (Wildman–Crippen MR) is 150 cm³/mol. The summed E-state index contributed by atoms with van der Waals surface area (Å²) in [4.78, 5) is 42.0.